The average Bonchev–Trinajstić information content (AvgIpc) is 2.92. The number of benzene rings is 2. The Bertz CT molecular complexity index is 610. The van der Waals surface area contributed by atoms with Crippen LogP contribution in [0.4, 0.5) is 0 Å². The zero-order chi connectivity index (χ0) is 14.5. The lowest BCUT2D eigenvalue weighted by molar-refractivity contribution is -0.134. The lowest BCUT2D eigenvalue weighted by Gasteiger charge is -2.11. The number of esters is 1. The summed E-state index contributed by atoms with van der Waals surface area (Å²) in [5, 5.41) is 3.49. The van der Waals surface area contributed by atoms with E-state index < -0.39 is 0 Å². The SMILES string of the molecule is O=C(CCCC1NCc2ccccc21)Oc1ccccc1. The Morgan fingerprint density at radius 2 is 1.86 bits per heavy atom. The second-order valence-electron chi connectivity index (χ2n) is 5.31. The maximum atomic E-state index is 11.8. The van der Waals surface area contributed by atoms with Gasteiger partial charge in [-0.3, -0.25) is 4.79 Å². The van der Waals surface area contributed by atoms with E-state index in [0.29, 0.717) is 18.2 Å². The molecular weight excluding hydrogens is 262 g/mol. The third-order valence-electron chi connectivity index (χ3n) is 3.82. The number of hydrogen-bond donors (Lipinski definition) is 1. The van der Waals surface area contributed by atoms with Gasteiger partial charge in [-0.2, -0.15) is 0 Å². The van der Waals surface area contributed by atoms with Crippen LogP contribution in [0.3, 0.4) is 0 Å². The second kappa shape index (κ2) is 6.55. The number of carbonyl (C=O) groups is 1. The maximum absolute atomic E-state index is 11.8. The molecule has 2 aromatic carbocycles. The molecule has 1 unspecified atom stereocenters. The van der Waals surface area contributed by atoms with Crippen LogP contribution < -0.4 is 10.1 Å². The van der Waals surface area contributed by atoms with Gasteiger partial charge < -0.3 is 10.1 Å². The van der Waals surface area contributed by atoms with Crippen LogP contribution in [0.25, 0.3) is 0 Å². The molecule has 0 bridgehead atoms. The van der Waals surface area contributed by atoms with E-state index in [2.05, 4.69) is 29.6 Å². The predicted octanol–water partition coefficient (Wildman–Crippen LogP) is 3.61. The van der Waals surface area contributed by atoms with Crippen LogP contribution in [0, 0.1) is 0 Å². The molecule has 1 N–H and O–H groups in total. The van der Waals surface area contributed by atoms with Gasteiger partial charge in [0.2, 0.25) is 0 Å². The van der Waals surface area contributed by atoms with Crippen LogP contribution >= 0.6 is 0 Å². The standard InChI is InChI=1S/C18H19NO2/c20-18(21-15-8-2-1-3-9-15)12-6-11-17-16-10-5-4-7-14(16)13-19-17/h1-5,7-10,17,19H,6,11-13H2. The molecule has 1 heterocycles. The highest BCUT2D eigenvalue weighted by Gasteiger charge is 2.20. The Morgan fingerprint density at radius 3 is 2.71 bits per heavy atom. The van der Waals surface area contributed by atoms with Crippen LogP contribution in [-0.4, -0.2) is 5.97 Å². The van der Waals surface area contributed by atoms with Crippen LogP contribution in [-0.2, 0) is 11.3 Å². The van der Waals surface area contributed by atoms with Gasteiger partial charge in [0.05, 0.1) is 0 Å². The van der Waals surface area contributed by atoms with Crippen molar-refractivity contribution in [2.24, 2.45) is 0 Å². The van der Waals surface area contributed by atoms with Crippen molar-refractivity contribution in [1.82, 2.24) is 5.32 Å². The molecule has 108 valence electrons. The number of hydrogen-bond acceptors (Lipinski definition) is 3. The molecule has 0 aromatic heterocycles. The van der Waals surface area contributed by atoms with Crippen molar-refractivity contribution in [3.63, 3.8) is 0 Å². The van der Waals surface area contributed by atoms with Gasteiger partial charge in [0.15, 0.2) is 0 Å². The molecule has 0 fully saturated rings. The summed E-state index contributed by atoms with van der Waals surface area (Å²) in [4.78, 5) is 11.8. The van der Waals surface area contributed by atoms with E-state index in [-0.39, 0.29) is 5.97 Å². The van der Waals surface area contributed by atoms with Crippen LogP contribution in [0.2, 0.25) is 0 Å². The topological polar surface area (TPSA) is 38.3 Å². The van der Waals surface area contributed by atoms with Crippen molar-refractivity contribution in [3.05, 3.63) is 65.7 Å². The normalized spacial score (nSPS) is 16.5. The Balaban J connectivity index is 1.46. The van der Waals surface area contributed by atoms with E-state index >= 15 is 0 Å². The smallest absolute Gasteiger partial charge is 0.311 e. The van der Waals surface area contributed by atoms with Gasteiger partial charge in [0.1, 0.15) is 5.75 Å². The molecule has 21 heavy (non-hydrogen) atoms. The Labute approximate surface area is 124 Å². The molecule has 0 radical (unpaired) electrons. The van der Waals surface area contributed by atoms with E-state index in [4.69, 9.17) is 4.74 Å². The van der Waals surface area contributed by atoms with Crippen molar-refractivity contribution < 1.29 is 9.53 Å². The predicted molar refractivity (Wildman–Crippen MR) is 82.0 cm³/mol. The van der Waals surface area contributed by atoms with Crippen molar-refractivity contribution in [1.29, 1.82) is 0 Å². The molecule has 3 rings (SSSR count). The second-order valence-corrected chi connectivity index (χ2v) is 5.31. The molecule has 0 aliphatic carbocycles. The van der Waals surface area contributed by atoms with Crippen LogP contribution in [0.5, 0.6) is 5.75 Å². The van der Waals surface area contributed by atoms with Gasteiger partial charge in [0.25, 0.3) is 0 Å². The molecular formula is C18H19NO2. The summed E-state index contributed by atoms with van der Waals surface area (Å²) in [6.45, 7) is 0.926. The third-order valence-corrected chi connectivity index (χ3v) is 3.82. The average molecular weight is 281 g/mol. The number of rotatable bonds is 5. The molecule has 3 heteroatoms. The van der Waals surface area contributed by atoms with E-state index in [1.807, 2.05) is 18.2 Å². The molecule has 0 amide bonds. The largest absolute Gasteiger partial charge is 0.427 e. The summed E-state index contributed by atoms with van der Waals surface area (Å²) >= 11 is 0. The van der Waals surface area contributed by atoms with Crippen molar-refractivity contribution >= 4 is 5.97 Å². The summed E-state index contributed by atoms with van der Waals surface area (Å²) in [5.74, 6) is 0.458. The highest BCUT2D eigenvalue weighted by Crippen LogP contribution is 2.28. The minimum atomic E-state index is -0.160. The molecule has 1 aliphatic rings. The van der Waals surface area contributed by atoms with Gasteiger partial charge >= 0.3 is 5.97 Å². The number of carbonyl (C=O) groups excluding carboxylic acids is 1. The molecule has 0 spiro atoms. The van der Waals surface area contributed by atoms with Crippen molar-refractivity contribution in [3.8, 4) is 5.75 Å². The van der Waals surface area contributed by atoms with E-state index in [1.54, 1.807) is 12.1 Å². The van der Waals surface area contributed by atoms with Gasteiger partial charge in [-0.15, -0.1) is 0 Å². The zero-order valence-corrected chi connectivity index (χ0v) is 11.9. The van der Waals surface area contributed by atoms with Gasteiger partial charge in [-0.05, 0) is 36.1 Å². The van der Waals surface area contributed by atoms with Crippen LogP contribution in [0.1, 0.15) is 36.4 Å². The summed E-state index contributed by atoms with van der Waals surface area (Å²) < 4.78 is 5.29. The number of para-hydroxylation sites is 1. The molecule has 0 saturated carbocycles. The first-order chi connectivity index (χ1) is 10.3. The first kappa shape index (κ1) is 13.8. The number of fused-ring (bicyclic) bond motifs is 1. The molecule has 1 atom stereocenters. The fourth-order valence-corrected chi connectivity index (χ4v) is 2.76. The Morgan fingerprint density at radius 1 is 1.10 bits per heavy atom. The zero-order valence-electron chi connectivity index (χ0n) is 11.9. The van der Waals surface area contributed by atoms with Crippen molar-refractivity contribution in [2.75, 3.05) is 0 Å². The Kier molecular flexibility index (Phi) is 4.31. The number of ether oxygens (including phenoxy) is 1. The van der Waals surface area contributed by atoms with E-state index in [0.717, 1.165) is 19.4 Å². The lowest BCUT2D eigenvalue weighted by atomic mass is 10.0. The molecule has 3 nitrogen and oxygen atoms in total. The van der Waals surface area contributed by atoms with Gasteiger partial charge in [-0.1, -0.05) is 42.5 Å². The fourth-order valence-electron chi connectivity index (χ4n) is 2.76. The van der Waals surface area contributed by atoms with Crippen molar-refractivity contribution in [2.45, 2.75) is 31.8 Å². The summed E-state index contributed by atoms with van der Waals surface area (Å²) in [6, 6.07) is 18.1. The van der Waals surface area contributed by atoms with Gasteiger partial charge in [0, 0.05) is 19.0 Å². The molecule has 1 aliphatic heterocycles. The minimum Gasteiger partial charge on any atom is -0.427 e. The summed E-state index contributed by atoms with van der Waals surface area (Å²) in [5.41, 5.74) is 2.74. The molecule has 0 saturated heterocycles. The van der Waals surface area contributed by atoms with Crippen LogP contribution in [0.15, 0.2) is 54.6 Å². The highest BCUT2D eigenvalue weighted by molar-refractivity contribution is 5.72. The lowest BCUT2D eigenvalue weighted by Crippen LogP contribution is -2.13. The number of nitrogens with one attached hydrogen (secondary N) is 1. The molecule has 2 aromatic rings. The first-order valence-electron chi connectivity index (χ1n) is 7.40. The monoisotopic (exact) mass is 281 g/mol. The fraction of sp³-hybridized carbons (Fsp3) is 0.278. The maximum Gasteiger partial charge on any atom is 0.311 e. The van der Waals surface area contributed by atoms with Gasteiger partial charge in [-0.25, -0.2) is 0 Å². The summed E-state index contributed by atoms with van der Waals surface area (Å²) in [6.07, 6.45) is 2.24. The minimum absolute atomic E-state index is 0.160. The highest BCUT2D eigenvalue weighted by atomic mass is 16.5. The Hall–Kier alpha value is -2.13. The first-order valence-corrected chi connectivity index (χ1v) is 7.40. The quantitative estimate of drug-likeness (QED) is 0.672. The van der Waals surface area contributed by atoms with E-state index in [9.17, 15) is 4.79 Å². The third kappa shape index (κ3) is 3.50. The summed E-state index contributed by atoms with van der Waals surface area (Å²) in [7, 11) is 0. The van der Waals surface area contributed by atoms with E-state index in [1.165, 1.54) is 11.1 Å².